The predicted molar refractivity (Wildman–Crippen MR) is 127 cm³/mol. The van der Waals surface area contributed by atoms with E-state index in [0.29, 0.717) is 34.5 Å². The van der Waals surface area contributed by atoms with E-state index < -0.39 is 0 Å². The Balaban J connectivity index is 1.67. The third-order valence-electron chi connectivity index (χ3n) is 5.86. The molecule has 0 amide bonds. The number of halogens is 2. The average molecular weight is 446 g/mol. The van der Waals surface area contributed by atoms with Crippen molar-refractivity contribution in [2.45, 2.75) is 25.9 Å². The Morgan fingerprint density at radius 3 is 2.62 bits per heavy atom. The SMILES string of the molecule is CC(Cn1cnc2c3cc(F)ccc3n(Cc3cccc(Cl)c3)c2c1=O)c1ccccc1. The molecule has 32 heavy (non-hydrogen) atoms. The standard InChI is InChI=1S/C26H21ClFN3O/c1-17(19-7-3-2-4-8-19)14-30-16-29-24-22-13-21(28)10-11-23(22)31(25(24)26(30)32)15-18-6-5-9-20(27)12-18/h2-13,16-17H,14-15H2,1H3. The fourth-order valence-corrected chi connectivity index (χ4v) is 4.48. The van der Waals surface area contributed by atoms with Crippen LogP contribution in [0.4, 0.5) is 4.39 Å². The summed E-state index contributed by atoms with van der Waals surface area (Å²) < 4.78 is 17.6. The molecule has 0 N–H and O–H groups in total. The molecule has 0 saturated heterocycles. The molecule has 0 aliphatic heterocycles. The number of hydrogen-bond acceptors (Lipinski definition) is 2. The summed E-state index contributed by atoms with van der Waals surface area (Å²) in [7, 11) is 0. The molecule has 0 spiro atoms. The Labute approximate surface area is 189 Å². The van der Waals surface area contributed by atoms with E-state index in [2.05, 4.69) is 24.0 Å². The molecule has 1 unspecified atom stereocenters. The maximum absolute atomic E-state index is 14.1. The quantitative estimate of drug-likeness (QED) is 0.333. The maximum Gasteiger partial charge on any atom is 0.277 e. The van der Waals surface area contributed by atoms with Crippen LogP contribution in [0.5, 0.6) is 0 Å². The monoisotopic (exact) mass is 445 g/mol. The number of rotatable bonds is 5. The maximum atomic E-state index is 14.1. The normalized spacial score (nSPS) is 12.5. The lowest BCUT2D eigenvalue weighted by Crippen LogP contribution is -2.24. The first-order valence-corrected chi connectivity index (χ1v) is 10.9. The van der Waals surface area contributed by atoms with E-state index in [4.69, 9.17) is 11.6 Å². The molecule has 0 bridgehead atoms. The van der Waals surface area contributed by atoms with Crippen molar-refractivity contribution in [3.8, 4) is 0 Å². The molecule has 5 rings (SSSR count). The van der Waals surface area contributed by atoms with Crippen LogP contribution in [0.1, 0.15) is 24.0 Å². The summed E-state index contributed by atoms with van der Waals surface area (Å²) in [5.41, 5.74) is 3.70. The molecule has 2 aromatic heterocycles. The van der Waals surface area contributed by atoms with Gasteiger partial charge in [-0.2, -0.15) is 0 Å². The van der Waals surface area contributed by atoms with Crippen LogP contribution in [0.2, 0.25) is 5.02 Å². The van der Waals surface area contributed by atoms with Gasteiger partial charge < -0.3 is 4.57 Å². The van der Waals surface area contributed by atoms with Crippen molar-refractivity contribution in [1.29, 1.82) is 0 Å². The second-order valence-corrected chi connectivity index (χ2v) is 8.53. The topological polar surface area (TPSA) is 39.8 Å². The molecule has 0 aliphatic rings. The van der Waals surface area contributed by atoms with Crippen molar-refractivity contribution in [3.63, 3.8) is 0 Å². The summed E-state index contributed by atoms with van der Waals surface area (Å²) >= 11 is 6.18. The first kappa shape index (κ1) is 20.5. The average Bonchev–Trinajstić information content (AvgIpc) is 3.09. The lowest BCUT2D eigenvalue weighted by atomic mass is 10.0. The predicted octanol–water partition coefficient (Wildman–Crippen LogP) is 6.00. The minimum atomic E-state index is -0.358. The zero-order valence-corrected chi connectivity index (χ0v) is 18.3. The van der Waals surface area contributed by atoms with Crippen LogP contribution in [-0.2, 0) is 13.1 Å². The van der Waals surface area contributed by atoms with E-state index in [0.717, 1.165) is 16.6 Å². The number of benzene rings is 3. The van der Waals surface area contributed by atoms with Gasteiger partial charge in [-0.1, -0.05) is 61.0 Å². The Kier molecular flexibility index (Phi) is 5.27. The molecule has 2 heterocycles. The van der Waals surface area contributed by atoms with Crippen LogP contribution in [0.3, 0.4) is 0 Å². The summed E-state index contributed by atoms with van der Waals surface area (Å²) in [6.45, 7) is 3.02. The number of hydrogen-bond donors (Lipinski definition) is 0. The summed E-state index contributed by atoms with van der Waals surface area (Å²) in [4.78, 5) is 18.2. The fraction of sp³-hybridized carbons (Fsp3) is 0.154. The molecule has 4 nitrogen and oxygen atoms in total. The number of aromatic nitrogens is 3. The van der Waals surface area contributed by atoms with Crippen molar-refractivity contribution in [2.75, 3.05) is 0 Å². The highest BCUT2D eigenvalue weighted by Gasteiger charge is 2.18. The van der Waals surface area contributed by atoms with E-state index in [1.807, 2.05) is 47.0 Å². The summed E-state index contributed by atoms with van der Waals surface area (Å²) in [6, 6.07) is 22.1. The smallest absolute Gasteiger partial charge is 0.277 e. The molecule has 0 radical (unpaired) electrons. The highest BCUT2D eigenvalue weighted by molar-refractivity contribution is 6.30. The Morgan fingerprint density at radius 2 is 1.84 bits per heavy atom. The van der Waals surface area contributed by atoms with Crippen LogP contribution in [0.25, 0.3) is 21.9 Å². The molecule has 1 atom stereocenters. The van der Waals surface area contributed by atoms with Crippen molar-refractivity contribution < 1.29 is 4.39 Å². The third-order valence-corrected chi connectivity index (χ3v) is 6.09. The summed E-state index contributed by atoms with van der Waals surface area (Å²) in [6.07, 6.45) is 1.57. The Morgan fingerprint density at radius 1 is 1.03 bits per heavy atom. The highest BCUT2D eigenvalue weighted by Crippen LogP contribution is 2.28. The van der Waals surface area contributed by atoms with Crippen LogP contribution in [-0.4, -0.2) is 14.1 Å². The molecule has 160 valence electrons. The van der Waals surface area contributed by atoms with E-state index >= 15 is 0 Å². The van der Waals surface area contributed by atoms with Gasteiger partial charge in [-0.3, -0.25) is 9.36 Å². The van der Waals surface area contributed by atoms with Crippen molar-refractivity contribution in [1.82, 2.24) is 14.1 Å². The van der Waals surface area contributed by atoms with E-state index in [9.17, 15) is 9.18 Å². The fourth-order valence-electron chi connectivity index (χ4n) is 4.27. The largest absolute Gasteiger partial charge is 0.330 e. The lowest BCUT2D eigenvalue weighted by molar-refractivity contribution is 0.575. The van der Waals surface area contributed by atoms with Crippen molar-refractivity contribution >= 4 is 33.5 Å². The van der Waals surface area contributed by atoms with Gasteiger partial charge in [0.25, 0.3) is 5.56 Å². The molecular weight excluding hydrogens is 425 g/mol. The van der Waals surface area contributed by atoms with E-state index in [-0.39, 0.29) is 17.3 Å². The Hall–Kier alpha value is -3.44. The molecule has 6 heteroatoms. The zero-order chi connectivity index (χ0) is 22.2. The number of fused-ring (bicyclic) bond motifs is 3. The van der Waals surface area contributed by atoms with Gasteiger partial charge in [0.1, 0.15) is 16.9 Å². The van der Waals surface area contributed by atoms with Gasteiger partial charge in [0.2, 0.25) is 0 Å². The van der Waals surface area contributed by atoms with Gasteiger partial charge in [-0.05, 0) is 47.4 Å². The molecular formula is C26H21ClFN3O. The second kappa shape index (κ2) is 8.24. The minimum Gasteiger partial charge on any atom is -0.330 e. The van der Waals surface area contributed by atoms with Crippen molar-refractivity contribution in [3.05, 3.63) is 111 Å². The molecule has 0 aliphatic carbocycles. The van der Waals surface area contributed by atoms with Crippen LogP contribution in [0, 0.1) is 5.82 Å². The zero-order valence-electron chi connectivity index (χ0n) is 17.5. The molecule has 0 fully saturated rings. The van der Waals surface area contributed by atoms with Gasteiger partial charge in [-0.25, -0.2) is 9.37 Å². The Bertz CT molecular complexity index is 1490. The van der Waals surface area contributed by atoms with Crippen LogP contribution in [0.15, 0.2) is 83.9 Å². The summed E-state index contributed by atoms with van der Waals surface area (Å²) in [5, 5.41) is 1.25. The number of nitrogens with zero attached hydrogens (tertiary/aromatic N) is 3. The molecule has 5 aromatic rings. The van der Waals surface area contributed by atoms with E-state index in [1.165, 1.54) is 12.1 Å². The lowest BCUT2D eigenvalue weighted by Gasteiger charge is -2.14. The van der Waals surface area contributed by atoms with Crippen LogP contribution >= 0.6 is 11.6 Å². The van der Waals surface area contributed by atoms with Gasteiger partial charge >= 0.3 is 0 Å². The first-order valence-electron chi connectivity index (χ1n) is 10.5. The highest BCUT2D eigenvalue weighted by atomic mass is 35.5. The minimum absolute atomic E-state index is 0.136. The third kappa shape index (κ3) is 3.69. The van der Waals surface area contributed by atoms with Gasteiger partial charge in [0.15, 0.2) is 0 Å². The van der Waals surface area contributed by atoms with E-state index in [1.54, 1.807) is 17.0 Å². The summed E-state index contributed by atoms with van der Waals surface area (Å²) in [5.74, 6) is -0.223. The van der Waals surface area contributed by atoms with Gasteiger partial charge in [0.05, 0.1) is 11.8 Å². The van der Waals surface area contributed by atoms with Gasteiger partial charge in [0, 0.05) is 23.5 Å². The van der Waals surface area contributed by atoms with Gasteiger partial charge in [-0.15, -0.1) is 0 Å². The first-order chi connectivity index (χ1) is 15.5. The molecule has 3 aromatic carbocycles. The second-order valence-electron chi connectivity index (χ2n) is 8.09. The van der Waals surface area contributed by atoms with Crippen LogP contribution < -0.4 is 5.56 Å². The molecule has 0 saturated carbocycles. The van der Waals surface area contributed by atoms with Crippen molar-refractivity contribution in [2.24, 2.45) is 0 Å².